The van der Waals surface area contributed by atoms with Crippen molar-refractivity contribution in [3.63, 3.8) is 0 Å². The Labute approximate surface area is 108 Å². The molecule has 0 saturated carbocycles. The van der Waals surface area contributed by atoms with Gasteiger partial charge in [-0.2, -0.15) is 0 Å². The summed E-state index contributed by atoms with van der Waals surface area (Å²) < 4.78 is 5.20. The van der Waals surface area contributed by atoms with Gasteiger partial charge in [0, 0.05) is 31.7 Å². The Morgan fingerprint density at radius 3 is 2.61 bits per heavy atom. The molecule has 106 valence electrons. The van der Waals surface area contributed by atoms with Gasteiger partial charge in [-0.1, -0.05) is 0 Å². The van der Waals surface area contributed by atoms with E-state index in [9.17, 15) is 4.79 Å². The van der Waals surface area contributed by atoms with Crippen LogP contribution in [0.4, 0.5) is 0 Å². The van der Waals surface area contributed by atoms with Crippen LogP contribution in [-0.2, 0) is 9.53 Å². The van der Waals surface area contributed by atoms with Crippen molar-refractivity contribution in [2.45, 2.75) is 39.2 Å². The lowest BCUT2D eigenvalue weighted by Gasteiger charge is -2.26. The zero-order valence-electron chi connectivity index (χ0n) is 11.5. The molecular formula is C11H25N5O2. The van der Waals surface area contributed by atoms with Gasteiger partial charge in [0.2, 0.25) is 11.9 Å². The quantitative estimate of drug-likeness (QED) is 0.154. The molecule has 0 spiro atoms. The van der Waals surface area contributed by atoms with Crippen LogP contribution in [0.2, 0.25) is 0 Å². The number of primary amides is 1. The molecule has 0 aliphatic carbocycles. The van der Waals surface area contributed by atoms with Gasteiger partial charge in [0.25, 0.3) is 0 Å². The van der Waals surface area contributed by atoms with Crippen molar-refractivity contribution in [3.05, 3.63) is 0 Å². The average molecular weight is 259 g/mol. The predicted octanol–water partition coefficient (Wildman–Crippen LogP) is -0.524. The molecule has 18 heavy (non-hydrogen) atoms. The number of rotatable bonds is 8. The fraction of sp³-hybridized carbons (Fsp3) is 0.818. The van der Waals surface area contributed by atoms with Crippen LogP contribution in [0, 0.1) is 0 Å². The number of ether oxygens (including phenoxy) is 1. The normalized spacial score (nSPS) is 12.3. The van der Waals surface area contributed by atoms with Crippen molar-refractivity contribution >= 4 is 11.9 Å². The molecule has 0 heterocycles. The largest absolute Gasteiger partial charge is 0.382 e. The first-order chi connectivity index (χ1) is 8.41. The molecule has 6 N–H and O–H groups in total. The van der Waals surface area contributed by atoms with E-state index in [-0.39, 0.29) is 12.3 Å². The number of nitrogens with one attached hydrogen (secondary N) is 2. The number of hydrogen-bond donors (Lipinski definition) is 4. The minimum Gasteiger partial charge on any atom is -0.382 e. The molecule has 7 nitrogen and oxygen atoms in total. The molecule has 0 unspecified atom stereocenters. The highest BCUT2D eigenvalue weighted by Gasteiger charge is 2.21. The second-order valence-corrected chi connectivity index (χ2v) is 4.58. The van der Waals surface area contributed by atoms with Gasteiger partial charge in [-0.15, -0.1) is 0 Å². The second kappa shape index (κ2) is 8.71. The summed E-state index contributed by atoms with van der Waals surface area (Å²) in [7, 11) is 0. The van der Waals surface area contributed by atoms with Crippen molar-refractivity contribution in [1.29, 1.82) is 0 Å². The molecule has 0 aliphatic rings. The number of nitrogens with zero attached hydrogens (tertiary/aromatic N) is 1. The molecule has 0 saturated heterocycles. The van der Waals surface area contributed by atoms with Crippen LogP contribution in [0.15, 0.2) is 4.99 Å². The van der Waals surface area contributed by atoms with Crippen LogP contribution in [0.25, 0.3) is 0 Å². The molecule has 0 aromatic rings. The lowest BCUT2D eigenvalue weighted by molar-refractivity contribution is -0.119. The number of nitrogens with two attached hydrogens (primary N) is 2. The number of amides is 1. The lowest BCUT2D eigenvalue weighted by Crippen LogP contribution is -2.52. The zero-order chi connectivity index (χ0) is 14.0. The first-order valence-corrected chi connectivity index (χ1v) is 6.06. The van der Waals surface area contributed by atoms with Crippen molar-refractivity contribution in [2.75, 3.05) is 19.8 Å². The fourth-order valence-corrected chi connectivity index (χ4v) is 1.42. The van der Waals surface area contributed by atoms with Crippen LogP contribution in [-0.4, -0.2) is 37.2 Å². The van der Waals surface area contributed by atoms with Crippen LogP contribution in [0.5, 0.6) is 0 Å². The zero-order valence-corrected chi connectivity index (χ0v) is 11.5. The Hall–Kier alpha value is -1.34. The van der Waals surface area contributed by atoms with Crippen LogP contribution in [0.1, 0.15) is 33.6 Å². The van der Waals surface area contributed by atoms with Gasteiger partial charge in [0.05, 0.1) is 0 Å². The van der Waals surface area contributed by atoms with Gasteiger partial charge < -0.3 is 15.8 Å². The van der Waals surface area contributed by atoms with Crippen molar-refractivity contribution in [3.8, 4) is 0 Å². The van der Waals surface area contributed by atoms with E-state index in [1.165, 1.54) is 0 Å². The van der Waals surface area contributed by atoms with Gasteiger partial charge in [-0.25, -0.2) is 5.84 Å². The highest BCUT2D eigenvalue weighted by atomic mass is 16.5. The van der Waals surface area contributed by atoms with E-state index in [1.807, 2.05) is 20.8 Å². The summed E-state index contributed by atoms with van der Waals surface area (Å²) in [5.41, 5.74) is 7.14. The molecule has 1 amide bonds. The Morgan fingerprint density at radius 2 is 2.11 bits per heavy atom. The predicted molar refractivity (Wildman–Crippen MR) is 71.8 cm³/mol. The molecule has 0 atom stereocenters. The molecule has 0 aliphatic heterocycles. The lowest BCUT2D eigenvalue weighted by atomic mass is 10.0. The monoisotopic (exact) mass is 259 g/mol. The van der Waals surface area contributed by atoms with E-state index >= 15 is 0 Å². The van der Waals surface area contributed by atoms with E-state index in [0.717, 1.165) is 6.42 Å². The van der Waals surface area contributed by atoms with Crippen molar-refractivity contribution < 1.29 is 9.53 Å². The highest BCUT2D eigenvalue weighted by molar-refractivity contribution is 5.81. The minimum absolute atomic E-state index is 0.201. The van der Waals surface area contributed by atoms with E-state index in [4.69, 9.17) is 16.3 Å². The van der Waals surface area contributed by atoms with E-state index in [0.29, 0.717) is 25.7 Å². The first kappa shape index (κ1) is 16.7. The Kier molecular flexibility index (Phi) is 8.06. The van der Waals surface area contributed by atoms with E-state index < -0.39 is 5.54 Å². The number of guanidine groups is 1. The fourth-order valence-electron chi connectivity index (χ4n) is 1.42. The third-order valence-corrected chi connectivity index (χ3v) is 2.13. The summed E-state index contributed by atoms with van der Waals surface area (Å²) >= 11 is 0. The van der Waals surface area contributed by atoms with Crippen LogP contribution >= 0.6 is 0 Å². The van der Waals surface area contributed by atoms with Gasteiger partial charge in [-0.3, -0.25) is 15.2 Å². The van der Waals surface area contributed by atoms with Crippen LogP contribution in [0.3, 0.4) is 0 Å². The van der Waals surface area contributed by atoms with Gasteiger partial charge >= 0.3 is 0 Å². The molecule has 0 rings (SSSR count). The number of carbonyl (C=O) groups is 1. The summed E-state index contributed by atoms with van der Waals surface area (Å²) in [6.07, 6.45) is 1.02. The molecule has 0 radical (unpaired) electrons. The summed E-state index contributed by atoms with van der Waals surface area (Å²) in [5, 5.41) is 3.04. The number of hydrazine groups is 1. The van der Waals surface area contributed by atoms with E-state index in [2.05, 4.69) is 15.7 Å². The highest BCUT2D eigenvalue weighted by Crippen LogP contribution is 2.06. The Balaban J connectivity index is 4.15. The third kappa shape index (κ3) is 8.77. The Morgan fingerprint density at radius 1 is 1.44 bits per heavy atom. The average Bonchev–Trinajstić information content (AvgIpc) is 2.25. The van der Waals surface area contributed by atoms with Gasteiger partial charge in [0.15, 0.2) is 0 Å². The maximum absolute atomic E-state index is 10.9. The van der Waals surface area contributed by atoms with Crippen molar-refractivity contribution in [1.82, 2.24) is 10.7 Å². The van der Waals surface area contributed by atoms with Gasteiger partial charge in [0.1, 0.15) is 0 Å². The number of hydrogen-bond acceptors (Lipinski definition) is 4. The summed E-state index contributed by atoms with van der Waals surface area (Å²) in [6, 6.07) is 0. The number of aliphatic imine (C=N–C) groups is 1. The molecule has 7 heteroatoms. The summed E-state index contributed by atoms with van der Waals surface area (Å²) in [6.45, 7) is 7.62. The number of carbonyl (C=O) groups excluding carboxylic acids is 1. The standard InChI is InChI=1S/C11H25N5O2/c1-4-18-7-5-6-14-10(16-13)15-11(2,3)8-9(12)17/h4-8,13H2,1-3H3,(H2,12,17)(H2,14,15,16). The molecular weight excluding hydrogens is 234 g/mol. The molecule has 0 aromatic heterocycles. The molecule has 0 bridgehead atoms. The second-order valence-electron chi connectivity index (χ2n) is 4.58. The topological polar surface area (TPSA) is 115 Å². The minimum atomic E-state index is -0.489. The van der Waals surface area contributed by atoms with Gasteiger partial charge in [-0.05, 0) is 27.2 Å². The van der Waals surface area contributed by atoms with Crippen LogP contribution < -0.4 is 22.3 Å². The molecule has 0 aromatic carbocycles. The summed E-state index contributed by atoms with van der Waals surface area (Å²) in [5.74, 6) is 5.43. The van der Waals surface area contributed by atoms with Crippen molar-refractivity contribution in [2.24, 2.45) is 16.6 Å². The summed E-state index contributed by atoms with van der Waals surface area (Å²) in [4.78, 5) is 15.1. The third-order valence-electron chi connectivity index (χ3n) is 2.13. The maximum Gasteiger partial charge on any atom is 0.219 e. The maximum atomic E-state index is 10.9. The van der Waals surface area contributed by atoms with E-state index in [1.54, 1.807) is 0 Å². The smallest absolute Gasteiger partial charge is 0.219 e. The first-order valence-electron chi connectivity index (χ1n) is 6.06. The SMILES string of the molecule is CCOCCCN=C(NN)NC(C)(C)CC(N)=O. The Bertz CT molecular complexity index is 279. The molecule has 0 fully saturated rings.